The summed E-state index contributed by atoms with van der Waals surface area (Å²) in [6.07, 6.45) is 2.27. The molecule has 0 amide bonds. The number of hydrogen-bond acceptors (Lipinski definition) is 1. The molecule has 102 valence electrons. The van der Waals surface area contributed by atoms with Gasteiger partial charge in [-0.3, -0.25) is 4.79 Å². The van der Waals surface area contributed by atoms with Crippen molar-refractivity contribution in [3.8, 4) is 0 Å². The van der Waals surface area contributed by atoms with Crippen LogP contribution in [0.3, 0.4) is 0 Å². The number of aliphatic carboxylic acids is 1. The lowest BCUT2D eigenvalue weighted by Crippen LogP contribution is -2.21. The maximum atomic E-state index is 11.3. The van der Waals surface area contributed by atoms with Gasteiger partial charge in [-0.25, -0.2) is 0 Å². The van der Waals surface area contributed by atoms with Crippen LogP contribution < -0.4 is 0 Å². The average molecular weight is 266 g/mol. The van der Waals surface area contributed by atoms with E-state index in [1.54, 1.807) is 0 Å². The molecule has 0 fully saturated rings. The van der Waals surface area contributed by atoms with Gasteiger partial charge in [0, 0.05) is 5.92 Å². The molecule has 2 aromatic carbocycles. The van der Waals surface area contributed by atoms with E-state index < -0.39 is 5.97 Å². The molecule has 0 saturated heterocycles. The second-order valence-corrected chi connectivity index (χ2v) is 5.46. The van der Waals surface area contributed by atoms with Gasteiger partial charge in [0.05, 0.1) is 6.42 Å². The summed E-state index contributed by atoms with van der Waals surface area (Å²) in [6, 6.07) is 18.6. The highest BCUT2D eigenvalue weighted by atomic mass is 16.4. The Bertz CT molecular complexity index is 604. The fraction of sp³-hybridized carbons (Fsp3) is 0.278. The highest BCUT2D eigenvalue weighted by Crippen LogP contribution is 2.44. The van der Waals surface area contributed by atoms with Crippen LogP contribution >= 0.6 is 0 Å². The number of fused-ring (bicyclic) bond motifs is 1. The Morgan fingerprint density at radius 1 is 1.05 bits per heavy atom. The van der Waals surface area contributed by atoms with Crippen LogP contribution in [0, 0.1) is 0 Å². The Morgan fingerprint density at radius 3 is 2.50 bits per heavy atom. The molecule has 3 rings (SSSR count). The van der Waals surface area contributed by atoms with E-state index in [4.69, 9.17) is 0 Å². The van der Waals surface area contributed by atoms with E-state index in [9.17, 15) is 9.90 Å². The Kier molecular flexibility index (Phi) is 3.55. The SMILES string of the molecule is O=C(O)C[C@@H]1c2ccccc2CC[C@H]1c1ccccc1. The number of carboxylic acids is 1. The third kappa shape index (κ3) is 2.46. The fourth-order valence-electron chi connectivity index (χ4n) is 3.39. The molecular formula is C18H18O2. The van der Waals surface area contributed by atoms with Crippen LogP contribution in [0.1, 0.15) is 41.4 Å². The first-order chi connectivity index (χ1) is 9.75. The first-order valence-electron chi connectivity index (χ1n) is 7.10. The van der Waals surface area contributed by atoms with Crippen LogP contribution in [0.5, 0.6) is 0 Å². The second kappa shape index (κ2) is 5.49. The molecule has 1 N–H and O–H groups in total. The van der Waals surface area contributed by atoms with Crippen molar-refractivity contribution in [2.24, 2.45) is 0 Å². The molecule has 0 aromatic heterocycles. The number of rotatable bonds is 3. The third-order valence-corrected chi connectivity index (χ3v) is 4.29. The summed E-state index contributed by atoms with van der Waals surface area (Å²) in [5.41, 5.74) is 3.79. The van der Waals surface area contributed by atoms with Gasteiger partial charge < -0.3 is 5.11 Å². The van der Waals surface area contributed by atoms with Gasteiger partial charge in [0.15, 0.2) is 0 Å². The molecule has 0 radical (unpaired) electrons. The minimum absolute atomic E-state index is 0.0832. The Balaban J connectivity index is 2.01. The Labute approximate surface area is 119 Å². The van der Waals surface area contributed by atoms with E-state index in [0.29, 0.717) is 5.92 Å². The molecule has 2 heteroatoms. The molecule has 20 heavy (non-hydrogen) atoms. The van der Waals surface area contributed by atoms with Gasteiger partial charge in [0.2, 0.25) is 0 Å². The molecule has 1 aliphatic carbocycles. The number of carbonyl (C=O) groups is 1. The summed E-state index contributed by atoms with van der Waals surface area (Å²) in [4.78, 5) is 11.3. The van der Waals surface area contributed by atoms with Crippen LogP contribution in [-0.4, -0.2) is 11.1 Å². The number of aryl methyl sites for hydroxylation is 1. The zero-order chi connectivity index (χ0) is 13.9. The molecule has 1 aliphatic rings. The van der Waals surface area contributed by atoms with E-state index in [1.807, 2.05) is 30.3 Å². The van der Waals surface area contributed by atoms with Gasteiger partial charge in [-0.1, -0.05) is 54.6 Å². The fourth-order valence-corrected chi connectivity index (χ4v) is 3.39. The molecular weight excluding hydrogens is 248 g/mol. The largest absolute Gasteiger partial charge is 0.481 e. The van der Waals surface area contributed by atoms with Crippen molar-refractivity contribution in [2.45, 2.75) is 31.1 Å². The molecule has 0 heterocycles. The normalized spacial score (nSPS) is 21.2. The smallest absolute Gasteiger partial charge is 0.303 e. The lowest BCUT2D eigenvalue weighted by atomic mass is 9.71. The van der Waals surface area contributed by atoms with Crippen molar-refractivity contribution < 1.29 is 9.90 Å². The van der Waals surface area contributed by atoms with Crippen molar-refractivity contribution in [1.82, 2.24) is 0 Å². The van der Waals surface area contributed by atoms with Gasteiger partial charge in [-0.2, -0.15) is 0 Å². The Morgan fingerprint density at radius 2 is 1.75 bits per heavy atom. The lowest BCUT2D eigenvalue weighted by Gasteiger charge is -2.33. The van der Waals surface area contributed by atoms with E-state index in [1.165, 1.54) is 16.7 Å². The zero-order valence-corrected chi connectivity index (χ0v) is 11.3. The minimum Gasteiger partial charge on any atom is -0.481 e. The molecule has 2 aromatic rings. The zero-order valence-electron chi connectivity index (χ0n) is 11.3. The van der Waals surface area contributed by atoms with Gasteiger partial charge in [-0.05, 0) is 35.4 Å². The predicted molar refractivity (Wildman–Crippen MR) is 78.9 cm³/mol. The third-order valence-electron chi connectivity index (χ3n) is 4.29. The van der Waals surface area contributed by atoms with E-state index in [-0.39, 0.29) is 12.3 Å². The highest BCUT2D eigenvalue weighted by Gasteiger charge is 2.31. The van der Waals surface area contributed by atoms with Gasteiger partial charge in [0.25, 0.3) is 0 Å². The highest BCUT2D eigenvalue weighted by molar-refractivity contribution is 5.68. The predicted octanol–water partition coefficient (Wildman–Crippen LogP) is 3.97. The maximum absolute atomic E-state index is 11.3. The van der Waals surface area contributed by atoms with Crippen LogP contribution in [0.4, 0.5) is 0 Å². The standard InChI is InChI=1S/C18H18O2/c19-18(20)12-17-15-9-5-4-8-14(15)10-11-16(17)13-6-2-1-3-7-13/h1-9,16-17H,10-12H2,(H,19,20)/t16-,17+/m0/s1. The van der Waals surface area contributed by atoms with E-state index in [0.717, 1.165) is 12.8 Å². The monoisotopic (exact) mass is 266 g/mol. The average Bonchev–Trinajstić information content (AvgIpc) is 2.48. The maximum Gasteiger partial charge on any atom is 0.303 e. The molecule has 0 saturated carbocycles. The molecule has 2 nitrogen and oxygen atoms in total. The van der Waals surface area contributed by atoms with Crippen LogP contribution in [0.2, 0.25) is 0 Å². The topological polar surface area (TPSA) is 37.3 Å². The Hall–Kier alpha value is -2.09. The number of benzene rings is 2. The van der Waals surface area contributed by atoms with Crippen LogP contribution in [0.25, 0.3) is 0 Å². The molecule has 0 spiro atoms. The van der Waals surface area contributed by atoms with Crippen molar-refractivity contribution in [3.63, 3.8) is 0 Å². The number of hydrogen-bond donors (Lipinski definition) is 1. The van der Waals surface area contributed by atoms with E-state index >= 15 is 0 Å². The lowest BCUT2D eigenvalue weighted by molar-refractivity contribution is -0.137. The molecule has 0 aliphatic heterocycles. The van der Waals surface area contributed by atoms with Crippen molar-refractivity contribution in [2.75, 3.05) is 0 Å². The summed E-state index contributed by atoms with van der Waals surface area (Å²) in [5.74, 6) is -0.324. The summed E-state index contributed by atoms with van der Waals surface area (Å²) in [6.45, 7) is 0. The first-order valence-corrected chi connectivity index (χ1v) is 7.10. The van der Waals surface area contributed by atoms with E-state index in [2.05, 4.69) is 24.3 Å². The molecule has 0 bridgehead atoms. The van der Waals surface area contributed by atoms with Crippen LogP contribution in [-0.2, 0) is 11.2 Å². The summed E-state index contributed by atoms with van der Waals surface area (Å²) < 4.78 is 0. The number of carboxylic acid groups (broad SMARTS) is 1. The summed E-state index contributed by atoms with van der Waals surface area (Å²) in [7, 11) is 0. The quantitative estimate of drug-likeness (QED) is 0.912. The second-order valence-electron chi connectivity index (χ2n) is 5.46. The van der Waals surface area contributed by atoms with Crippen molar-refractivity contribution in [1.29, 1.82) is 0 Å². The van der Waals surface area contributed by atoms with Crippen molar-refractivity contribution >= 4 is 5.97 Å². The minimum atomic E-state index is -0.715. The first kappa shape index (κ1) is 12.9. The van der Waals surface area contributed by atoms with Gasteiger partial charge >= 0.3 is 5.97 Å². The summed E-state index contributed by atoms with van der Waals surface area (Å²) in [5, 5.41) is 9.26. The van der Waals surface area contributed by atoms with Gasteiger partial charge in [0.1, 0.15) is 0 Å². The molecule has 0 unspecified atom stereocenters. The molecule has 2 atom stereocenters. The van der Waals surface area contributed by atoms with Crippen LogP contribution in [0.15, 0.2) is 54.6 Å². The van der Waals surface area contributed by atoms with Gasteiger partial charge in [-0.15, -0.1) is 0 Å². The van der Waals surface area contributed by atoms with Crippen molar-refractivity contribution in [3.05, 3.63) is 71.3 Å². The summed E-state index contributed by atoms with van der Waals surface area (Å²) >= 11 is 0.